The molecule has 3 heterocycles. The van der Waals surface area contributed by atoms with Gasteiger partial charge in [0.2, 0.25) is 5.91 Å². The van der Waals surface area contributed by atoms with Crippen LogP contribution in [0.15, 0.2) is 54.6 Å². The first kappa shape index (κ1) is 31.7. The van der Waals surface area contributed by atoms with E-state index in [0.29, 0.717) is 64.8 Å². The molecule has 0 aliphatic carbocycles. The van der Waals surface area contributed by atoms with Crippen LogP contribution in [0.4, 0.5) is 42.0 Å². The standard InChI is InChI=1S/C34H40F2N6O3Si/c1-34(2)13-15-41(46-19-34)31-24(35)17-23(18-25(31)36)42-28(20-5-8-22(37)9-6-20)11-12-29(42)21-7-10-27(26(38)16-21)39-32(43)30-4-3-14-40(30)33(44)45/h5-10,16-18,28-30H,3-4,11-15,19,37-38H2,1-2H3,(H,39,43)(H,44,45)/t28-,29-,30?/m0/s1. The number of carboxylic acid groups (broad SMARTS) is 1. The van der Waals surface area contributed by atoms with Crippen LogP contribution < -0.4 is 26.2 Å². The van der Waals surface area contributed by atoms with Crippen LogP contribution >= 0.6 is 0 Å². The molecule has 3 aromatic carbocycles. The van der Waals surface area contributed by atoms with Crippen LogP contribution in [0.1, 0.15) is 69.2 Å². The minimum absolute atomic E-state index is 0.0328. The van der Waals surface area contributed by atoms with E-state index in [4.69, 9.17) is 11.5 Å². The molecule has 2 amide bonds. The van der Waals surface area contributed by atoms with Crippen molar-refractivity contribution in [2.24, 2.45) is 5.41 Å². The number of nitrogens with one attached hydrogen (secondary N) is 1. The highest BCUT2D eigenvalue weighted by Gasteiger charge is 2.38. The maximum absolute atomic E-state index is 15.9. The lowest BCUT2D eigenvalue weighted by molar-refractivity contribution is -0.119. The van der Waals surface area contributed by atoms with Crippen LogP contribution in [-0.4, -0.2) is 50.8 Å². The number of halogens is 2. The second-order valence-corrected chi connectivity index (χ2v) is 14.5. The number of nitrogens with zero attached hydrogens (tertiary/aromatic N) is 3. The summed E-state index contributed by atoms with van der Waals surface area (Å²) in [6, 6.07) is 15.5. The highest BCUT2D eigenvalue weighted by Crippen LogP contribution is 2.49. The maximum Gasteiger partial charge on any atom is 0.407 e. The van der Waals surface area contributed by atoms with Gasteiger partial charge in [-0.1, -0.05) is 32.0 Å². The fraction of sp³-hybridized carbons (Fsp3) is 0.412. The first-order valence-corrected chi connectivity index (χ1v) is 16.9. The third-order valence-electron chi connectivity index (χ3n) is 9.56. The van der Waals surface area contributed by atoms with Gasteiger partial charge in [-0.15, -0.1) is 0 Å². The molecule has 6 N–H and O–H groups in total. The first-order valence-electron chi connectivity index (χ1n) is 15.8. The van der Waals surface area contributed by atoms with Crippen molar-refractivity contribution >= 4 is 50.1 Å². The average Bonchev–Trinajstić information content (AvgIpc) is 3.68. The minimum atomic E-state index is -1.13. The first-order chi connectivity index (χ1) is 21.9. The molecule has 12 heteroatoms. The van der Waals surface area contributed by atoms with Crippen LogP contribution in [0.2, 0.25) is 6.04 Å². The Kier molecular flexibility index (Phi) is 8.58. The summed E-state index contributed by atoms with van der Waals surface area (Å²) in [5.41, 5.74) is 16.2. The zero-order chi connectivity index (χ0) is 32.7. The Bertz CT molecular complexity index is 1600. The lowest BCUT2D eigenvalue weighted by Crippen LogP contribution is -2.42. The van der Waals surface area contributed by atoms with Crippen molar-refractivity contribution in [3.05, 3.63) is 77.4 Å². The molecule has 6 rings (SSSR count). The molecular weight excluding hydrogens is 606 g/mol. The molecule has 3 aliphatic rings. The molecule has 3 fully saturated rings. The molecule has 3 atom stereocenters. The Morgan fingerprint density at radius 3 is 2.20 bits per heavy atom. The Labute approximate surface area is 270 Å². The van der Waals surface area contributed by atoms with Crippen molar-refractivity contribution in [2.75, 3.05) is 39.3 Å². The molecule has 46 heavy (non-hydrogen) atoms. The number of rotatable bonds is 6. The molecule has 0 bridgehead atoms. The number of amides is 2. The topological polar surface area (TPSA) is 128 Å². The quantitative estimate of drug-likeness (QED) is 0.176. The van der Waals surface area contributed by atoms with Gasteiger partial charge < -0.3 is 31.4 Å². The van der Waals surface area contributed by atoms with Gasteiger partial charge in [0, 0.05) is 24.5 Å². The molecule has 0 saturated carbocycles. The number of hydrogen-bond acceptors (Lipinski definition) is 6. The van der Waals surface area contributed by atoms with Gasteiger partial charge in [-0.25, -0.2) is 13.6 Å². The summed E-state index contributed by atoms with van der Waals surface area (Å²) < 4.78 is 33.6. The fourth-order valence-corrected chi connectivity index (χ4v) is 8.41. The zero-order valence-electron chi connectivity index (χ0n) is 26.1. The van der Waals surface area contributed by atoms with E-state index < -0.39 is 29.7 Å². The van der Waals surface area contributed by atoms with Gasteiger partial charge in [-0.3, -0.25) is 9.69 Å². The van der Waals surface area contributed by atoms with Gasteiger partial charge >= 0.3 is 6.09 Å². The average molecular weight is 647 g/mol. The largest absolute Gasteiger partial charge is 0.465 e. The van der Waals surface area contributed by atoms with Gasteiger partial charge in [-0.2, -0.15) is 0 Å². The predicted molar refractivity (Wildman–Crippen MR) is 178 cm³/mol. The molecule has 0 aromatic heterocycles. The van der Waals surface area contributed by atoms with Crippen molar-refractivity contribution in [2.45, 2.75) is 70.1 Å². The van der Waals surface area contributed by atoms with E-state index in [1.165, 1.54) is 12.1 Å². The van der Waals surface area contributed by atoms with Crippen LogP contribution in [0.3, 0.4) is 0 Å². The third-order valence-corrected chi connectivity index (χ3v) is 11.5. The number of anilines is 5. The monoisotopic (exact) mass is 646 g/mol. The summed E-state index contributed by atoms with van der Waals surface area (Å²) in [5.74, 6) is -1.58. The van der Waals surface area contributed by atoms with E-state index in [0.717, 1.165) is 34.9 Å². The summed E-state index contributed by atoms with van der Waals surface area (Å²) in [6.07, 6.45) is 2.23. The fourth-order valence-electron chi connectivity index (χ4n) is 6.97. The molecule has 1 unspecified atom stereocenters. The molecule has 3 aromatic rings. The molecule has 0 spiro atoms. The Morgan fingerprint density at radius 1 is 0.935 bits per heavy atom. The minimum Gasteiger partial charge on any atom is -0.465 e. The summed E-state index contributed by atoms with van der Waals surface area (Å²) in [6.45, 7) is 5.30. The van der Waals surface area contributed by atoms with E-state index in [9.17, 15) is 14.7 Å². The van der Waals surface area contributed by atoms with Crippen molar-refractivity contribution in [1.82, 2.24) is 4.90 Å². The van der Waals surface area contributed by atoms with E-state index in [2.05, 4.69) is 24.1 Å². The van der Waals surface area contributed by atoms with Crippen molar-refractivity contribution in [1.29, 1.82) is 0 Å². The maximum atomic E-state index is 15.9. The highest BCUT2D eigenvalue weighted by molar-refractivity contribution is 6.42. The van der Waals surface area contributed by atoms with Crippen LogP contribution in [-0.2, 0) is 4.79 Å². The highest BCUT2D eigenvalue weighted by atomic mass is 28.2. The zero-order valence-corrected chi connectivity index (χ0v) is 27.1. The van der Waals surface area contributed by atoms with Gasteiger partial charge in [0.1, 0.15) is 11.7 Å². The number of likely N-dealkylation sites (tertiary alicyclic amines) is 1. The summed E-state index contributed by atoms with van der Waals surface area (Å²) in [4.78, 5) is 27.7. The van der Waals surface area contributed by atoms with Crippen LogP contribution in [0.5, 0.6) is 0 Å². The van der Waals surface area contributed by atoms with Crippen molar-refractivity contribution in [3.8, 4) is 0 Å². The molecule has 3 saturated heterocycles. The van der Waals surface area contributed by atoms with Gasteiger partial charge in [0.15, 0.2) is 21.3 Å². The second kappa shape index (κ2) is 12.5. The molecular formula is C34H40F2N6O3Si. The predicted octanol–water partition coefficient (Wildman–Crippen LogP) is 6.57. The smallest absolute Gasteiger partial charge is 0.407 e. The lowest BCUT2D eigenvalue weighted by Gasteiger charge is -2.38. The van der Waals surface area contributed by atoms with Crippen molar-refractivity contribution < 1.29 is 23.5 Å². The van der Waals surface area contributed by atoms with E-state index in [-0.39, 0.29) is 23.2 Å². The normalized spacial score (nSPS) is 22.7. The molecule has 242 valence electrons. The van der Waals surface area contributed by atoms with Gasteiger partial charge in [-0.05, 0) is 91.1 Å². The molecule has 2 radical (unpaired) electrons. The SMILES string of the molecule is CC1(C)CCN(c2c(F)cc(N3[C@H](c4ccc(N)cc4)CC[C@H]3c3ccc(NC(=O)C4CCCN4C(=O)O)c(N)c3)cc2F)[Si]C1. The third kappa shape index (κ3) is 6.22. The lowest BCUT2D eigenvalue weighted by atomic mass is 9.91. The number of carbonyl (C=O) groups excluding carboxylic acids is 1. The molecule has 9 nitrogen and oxygen atoms in total. The number of nitrogens with two attached hydrogens (primary N) is 2. The van der Waals surface area contributed by atoms with E-state index in [1.54, 1.807) is 12.1 Å². The number of nitrogen functional groups attached to an aromatic ring is 2. The number of benzene rings is 3. The summed E-state index contributed by atoms with van der Waals surface area (Å²) in [5, 5.41) is 12.2. The van der Waals surface area contributed by atoms with E-state index >= 15 is 8.78 Å². The van der Waals surface area contributed by atoms with Gasteiger partial charge in [0.05, 0.1) is 23.5 Å². The van der Waals surface area contributed by atoms with E-state index in [1.807, 2.05) is 34.9 Å². The number of hydrogen-bond donors (Lipinski definition) is 4. The van der Waals surface area contributed by atoms with Crippen LogP contribution in [0.25, 0.3) is 0 Å². The second-order valence-electron chi connectivity index (χ2n) is 13.3. The van der Waals surface area contributed by atoms with Gasteiger partial charge in [0.25, 0.3) is 0 Å². The Balaban J connectivity index is 1.30. The molecule has 3 aliphatic heterocycles. The number of carbonyl (C=O) groups is 2. The Morgan fingerprint density at radius 2 is 1.59 bits per heavy atom. The summed E-state index contributed by atoms with van der Waals surface area (Å²) in [7, 11) is 0.309. The summed E-state index contributed by atoms with van der Waals surface area (Å²) >= 11 is 0. The Hall–Kier alpha value is -4.32. The van der Waals surface area contributed by atoms with Crippen molar-refractivity contribution in [3.63, 3.8) is 0 Å². The van der Waals surface area contributed by atoms with Crippen LogP contribution in [0, 0.1) is 17.0 Å².